The number of aryl methyl sites for hydroxylation is 1. The molecule has 6 nitrogen and oxygen atoms in total. The van der Waals surface area contributed by atoms with Crippen LogP contribution in [0.4, 0.5) is 11.4 Å². The van der Waals surface area contributed by atoms with Crippen LogP contribution in [-0.4, -0.2) is 32.7 Å². The molecule has 0 aliphatic heterocycles. The van der Waals surface area contributed by atoms with Crippen molar-refractivity contribution in [3.63, 3.8) is 0 Å². The molecule has 1 aliphatic carbocycles. The Morgan fingerprint density at radius 1 is 1.20 bits per heavy atom. The highest BCUT2D eigenvalue weighted by Crippen LogP contribution is 2.24. The van der Waals surface area contributed by atoms with Gasteiger partial charge in [-0.3, -0.25) is 9.52 Å². The second-order valence-corrected chi connectivity index (χ2v) is 8.98. The van der Waals surface area contributed by atoms with Crippen LogP contribution < -0.4 is 15.4 Å². The fraction of sp³-hybridized carbons (Fsp3) is 0.611. The van der Waals surface area contributed by atoms with E-state index in [0.717, 1.165) is 43.4 Å². The fourth-order valence-corrected chi connectivity index (χ4v) is 3.69. The Bertz CT molecular complexity index is 710. The van der Waals surface area contributed by atoms with Crippen molar-refractivity contribution in [3.05, 3.63) is 23.8 Å². The average molecular weight is 368 g/mol. The van der Waals surface area contributed by atoms with E-state index in [2.05, 4.69) is 22.3 Å². The van der Waals surface area contributed by atoms with Crippen molar-refractivity contribution in [2.24, 2.45) is 5.92 Å². The first-order valence-corrected chi connectivity index (χ1v) is 10.7. The monoisotopic (exact) mass is 367 g/mol. The summed E-state index contributed by atoms with van der Waals surface area (Å²) in [5.74, 6) is 0.717. The number of rotatable bonds is 6. The number of anilines is 2. The number of nitrogens with one attached hydrogen (secondary N) is 3. The third-order valence-electron chi connectivity index (χ3n) is 4.67. The van der Waals surface area contributed by atoms with Crippen molar-refractivity contribution >= 4 is 27.3 Å². The SMILES string of the molecule is Cc1ccc(N[C@H](C)C(=O)NC2CCC(C)CC2)cc1NS(C)(=O)=O. The molecule has 0 radical (unpaired) electrons. The Balaban J connectivity index is 1.96. The molecule has 7 heteroatoms. The van der Waals surface area contributed by atoms with E-state index in [-0.39, 0.29) is 11.9 Å². The van der Waals surface area contributed by atoms with E-state index in [9.17, 15) is 13.2 Å². The molecular weight excluding hydrogens is 338 g/mol. The molecular formula is C18H29N3O3S. The molecule has 140 valence electrons. The zero-order chi connectivity index (χ0) is 18.6. The molecule has 3 N–H and O–H groups in total. The van der Waals surface area contributed by atoms with E-state index in [1.807, 2.05) is 26.0 Å². The molecule has 1 saturated carbocycles. The van der Waals surface area contributed by atoms with E-state index in [1.165, 1.54) is 0 Å². The molecule has 1 aromatic carbocycles. The maximum absolute atomic E-state index is 12.4. The third-order valence-corrected chi connectivity index (χ3v) is 5.26. The van der Waals surface area contributed by atoms with Crippen molar-refractivity contribution in [1.82, 2.24) is 5.32 Å². The van der Waals surface area contributed by atoms with Gasteiger partial charge in [0.2, 0.25) is 15.9 Å². The second kappa shape index (κ2) is 8.08. The highest BCUT2D eigenvalue weighted by molar-refractivity contribution is 7.92. The molecule has 2 rings (SSSR count). The van der Waals surface area contributed by atoms with Gasteiger partial charge < -0.3 is 10.6 Å². The molecule has 0 unspecified atom stereocenters. The minimum atomic E-state index is -3.34. The van der Waals surface area contributed by atoms with Gasteiger partial charge >= 0.3 is 0 Å². The number of amides is 1. The first-order chi connectivity index (χ1) is 11.6. The van der Waals surface area contributed by atoms with Crippen LogP contribution in [0.3, 0.4) is 0 Å². The quantitative estimate of drug-likeness (QED) is 0.721. The fourth-order valence-electron chi connectivity index (χ4n) is 3.07. The number of carbonyl (C=O) groups is 1. The summed E-state index contributed by atoms with van der Waals surface area (Å²) in [7, 11) is -3.34. The van der Waals surface area contributed by atoms with Crippen molar-refractivity contribution in [2.75, 3.05) is 16.3 Å². The highest BCUT2D eigenvalue weighted by Gasteiger charge is 2.22. The van der Waals surface area contributed by atoms with Gasteiger partial charge in [-0.15, -0.1) is 0 Å². The molecule has 1 atom stereocenters. The van der Waals surface area contributed by atoms with Crippen molar-refractivity contribution in [1.29, 1.82) is 0 Å². The topological polar surface area (TPSA) is 87.3 Å². The van der Waals surface area contributed by atoms with Crippen LogP contribution in [0.25, 0.3) is 0 Å². The summed E-state index contributed by atoms with van der Waals surface area (Å²) in [5, 5.41) is 6.26. The number of benzene rings is 1. The molecule has 0 bridgehead atoms. The van der Waals surface area contributed by atoms with E-state index in [4.69, 9.17) is 0 Å². The zero-order valence-electron chi connectivity index (χ0n) is 15.4. The van der Waals surface area contributed by atoms with Crippen LogP contribution >= 0.6 is 0 Å². The molecule has 1 fully saturated rings. The van der Waals surface area contributed by atoms with Crippen LogP contribution in [0.1, 0.15) is 45.1 Å². The van der Waals surface area contributed by atoms with Crippen LogP contribution in [0.5, 0.6) is 0 Å². The van der Waals surface area contributed by atoms with E-state index in [0.29, 0.717) is 11.4 Å². The van der Waals surface area contributed by atoms with Gasteiger partial charge in [-0.05, 0) is 63.1 Å². The smallest absolute Gasteiger partial charge is 0.242 e. The number of hydrogen-bond donors (Lipinski definition) is 3. The summed E-state index contributed by atoms with van der Waals surface area (Å²) < 4.78 is 25.4. The van der Waals surface area contributed by atoms with Gasteiger partial charge in [0.15, 0.2) is 0 Å². The lowest BCUT2D eigenvalue weighted by Gasteiger charge is -2.28. The zero-order valence-corrected chi connectivity index (χ0v) is 16.2. The summed E-state index contributed by atoms with van der Waals surface area (Å²) >= 11 is 0. The van der Waals surface area contributed by atoms with Crippen molar-refractivity contribution in [2.45, 2.75) is 58.5 Å². The molecule has 1 amide bonds. The summed E-state index contributed by atoms with van der Waals surface area (Å²) in [5.41, 5.74) is 2.04. The maximum atomic E-state index is 12.4. The van der Waals surface area contributed by atoms with Gasteiger partial charge in [0.05, 0.1) is 11.9 Å². The minimum Gasteiger partial charge on any atom is -0.374 e. The largest absolute Gasteiger partial charge is 0.374 e. The lowest BCUT2D eigenvalue weighted by atomic mass is 9.87. The first-order valence-electron chi connectivity index (χ1n) is 8.79. The standard InChI is InChI=1S/C18H29N3O3S/c1-12-5-8-15(9-6-12)20-18(22)14(3)19-16-10-7-13(2)17(11-16)21-25(4,23)24/h7,10-12,14-15,19,21H,5-6,8-9H2,1-4H3,(H,20,22)/t12?,14-,15?/m1/s1. The minimum absolute atomic E-state index is 0.0299. The number of hydrogen-bond acceptors (Lipinski definition) is 4. The molecule has 0 heterocycles. The molecule has 1 aliphatic rings. The summed E-state index contributed by atoms with van der Waals surface area (Å²) in [6.07, 6.45) is 5.50. The van der Waals surface area contributed by atoms with Crippen LogP contribution in [0.2, 0.25) is 0 Å². The molecule has 0 spiro atoms. The van der Waals surface area contributed by atoms with Crippen LogP contribution in [-0.2, 0) is 14.8 Å². The normalized spacial score (nSPS) is 22.1. The van der Waals surface area contributed by atoms with Crippen molar-refractivity contribution in [3.8, 4) is 0 Å². The van der Waals surface area contributed by atoms with Gasteiger partial charge in [-0.1, -0.05) is 13.0 Å². The van der Waals surface area contributed by atoms with E-state index < -0.39 is 16.1 Å². The lowest BCUT2D eigenvalue weighted by molar-refractivity contribution is -0.122. The Morgan fingerprint density at radius 3 is 2.44 bits per heavy atom. The first kappa shape index (κ1) is 19.6. The number of carbonyl (C=O) groups excluding carboxylic acids is 1. The summed E-state index contributed by atoms with van der Waals surface area (Å²) in [6.45, 7) is 5.89. The van der Waals surface area contributed by atoms with Gasteiger partial charge in [0.1, 0.15) is 6.04 Å². The predicted octanol–water partition coefficient (Wildman–Crippen LogP) is 2.86. The molecule has 0 aromatic heterocycles. The van der Waals surface area contributed by atoms with Crippen LogP contribution in [0.15, 0.2) is 18.2 Å². The Labute approximate surface area is 150 Å². The highest BCUT2D eigenvalue weighted by atomic mass is 32.2. The number of sulfonamides is 1. The van der Waals surface area contributed by atoms with Gasteiger partial charge in [0, 0.05) is 11.7 Å². The second-order valence-electron chi connectivity index (χ2n) is 7.24. The molecule has 1 aromatic rings. The van der Waals surface area contributed by atoms with E-state index in [1.54, 1.807) is 6.07 Å². The third kappa shape index (κ3) is 6.23. The average Bonchev–Trinajstić information content (AvgIpc) is 2.51. The predicted molar refractivity (Wildman–Crippen MR) is 102 cm³/mol. The van der Waals surface area contributed by atoms with Crippen LogP contribution in [0, 0.1) is 12.8 Å². The van der Waals surface area contributed by atoms with Gasteiger partial charge in [0.25, 0.3) is 0 Å². The molecule has 25 heavy (non-hydrogen) atoms. The van der Waals surface area contributed by atoms with Gasteiger partial charge in [-0.25, -0.2) is 8.42 Å². The Morgan fingerprint density at radius 2 is 1.84 bits per heavy atom. The molecule has 0 saturated heterocycles. The summed E-state index contributed by atoms with van der Waals surface area (Å²) in [6, 6.07) is 5.24. The lowest BCUT2D eigenvalue weighted by Crippen LogP contribution is -2.44. The Hall–Kier alpha value is -1.76. The maximum Gasteiger partial charge on any atom is 0.242 e. The van der Waals surface area contributed by atoms with E-state index >= 15 is 0 Å². The van der Waals surface area contributed by atoms with Gasteiger partial charge in [-0.2, -0.15) is 0 Å². The van der Waals surface area contributed by atoms with Crippen molar-refractivity contribution < 1.29 is 13.2 Å². The summed E-state index contributed by atoms with van der Waals surface area (Å²) in [4.78, 5) is 12.4. The Kier molecular flexibility index (Phi) is 6.32.